The fourth-order valence-corrected chi connectivity index (χ4v) is 12.1. The highest BCUT2D eigenvalue weighted by molar-refractivity contribution is 6.10. The third kappa shape index (κ3) is 7.43. The number of hydrogen-bond donors (Lipinski definition) is 0. The van der Waals surface area contributed by atoms with E-state index in [0.29, 0.717) is 0 Å². The van der Waals surface area contributed by atoms with Crippen LogP contribution in [0.15, 0.2) is 309 Å². The van der Waals surface area contributed by atoms with Crippen molar-refractivity contribution in [3.8, 4) is 39.1 Å². The van der Waals surface area contributed by atoms with Crippen LogP contribution in [0.1, 0.15) is 22.3 Å². The lowest BCUT2D eigenvalue weighted by molar-refractivity contribution is 0.770. The third-order valence-electron chi connectivity index (χ3n) is 15.4. The Morgan fingerprint density at radius 2 is 0.789 bits per heavy atom. The highest BCUT2D eigenvalue weighted by Crippen LogP contribution is 2.61. The van der Waals surface area contributed by atoms with Crippen LogP contribution in [0, 0.1) is 0 Å². The van der Waals surface area contributed by atoms with Crippen molar-refractivity contribution in [2.24, 2.45) is 0 Å². The monoisotopic (exact) mass is 969 g/mol. The minimum atomic E-state index is -0.768. The van der Waals surface area contributed by atoms with Gasteiger partial charge in [0.15, 0.2) is 0 Å². The number of fused-ring (bicyclic) bond motifs is 6. The van der Waals surface area contributed by atoms with Crippen molar-refractivity contribution in [1.82, 2.24) is 4.57 Å². The van der Waals surface area contributed by atoms with E-state index < -0.39 is 5.41 Å². The Labute approximate surface area is 444 Å². The summed E-state index contributed by atoms with van der Waals surface area (Å²) < 4.78 is 2.42. The fourth-order valence-electron chi connectivity index (χ4n) is 12.1. The van der Waals surface area contributed by atoms with Crippen LogP contribution in [0.25, 0.3) is 60.9 Å². The molecule has 0 aliphatic heterocycles. The molecule has 358 valence electrons. The first-order valence-electron chi connectivity index (χ1n) is 26.2. The average molecular weight is 970 g/mol. The van der Waals surface area contributed by atoms with Gasteiger partial charge in [0.05, 0.1) is 22.1 Å². The van der Waals surface area contributed by atoms with Crippen LogP contribution in [0.2, 0.25) is 0 Å². The van der Waals surface area contributed by atoms with Gasteiger partial charge in [-0.05, 0) is 141 Å². The predicted molar refractivity (Wildman–Crippen MR) is 318 cm³/mol. The molecule has 0 bridgehead atoms. The molecule has 76 heavy (non-hydrogen) atoms. The zero-order valence-electron chi connectivity index (χ0n) is 41.8. The molecule has 1 unspecified atom stereocenters. The topological polar surface area (TPSA) is 11.4 Å². The van der Waals surface area contributed by atoms with Crippen LogP contribution >= 0.6 is 0 Å². The van der Waals surface area contributed by atoms with Crippen molar-refractivity contribution in [3.63, 3.8) is 0 Å². The molecule has 0 fully saturated rings. The summed E-state index contributed by atoms with van der Waals surface area (Å²) in [6.45, 7) is 0. The standard InChI is InChI=1S/C73H51N3/c1-7-24-52(25-8-1)54-42-45-61(46-43-54)74(58-31-13-4-14-32-58)63-50-68-72(71(51-63)75(59-33-15-5-16-34-59)62-37-23-28-55(48-62)53-26-9-2-10-27-53)65-39-19-21-40-67(65)73(68,56-29-11-3-12-30-56)57-44-47-70-66(49-57)64-38-20-22-41-69(64)76(70)60-35-17-6-18-36-60/h1-51H. The fraction of sp³-hybridized carbons (Fsp3) is 0.0137. The Morgan fingerprint density at radius 3 is 1.49 bits per heavy atom. The SMILES string of the molecule is c1ccc(-c2ccc(N(c3ccccc3)c3cc(N(c4ccccc4)c4cccc(-c5ccccc5)c4)c4c(c3)C(c3ccccc3)(c3ccc5c(c3)c3ccccc3n5-c3ccccc3)c3ccccc3-4)cc2)cc1. The molecule has 0 saturated heterocycles. The summed E-state index contributed by atoms with van der Waals surface area (Å²) in [5.41, 5.74) is 21.0. The third-order valence-corrected chi connectivity index (χ3v) is 15.4. The molecule has 0 saturated carbocycles. The summed E-state index contributed by atoms with van der Waals surface area (Å²) >= 11 is 0. The van der Waals surface area contributed by atoms with Crippen molar-refractivity contribution in [2.75, 3.05) is 9.80 Å². The van der Waals surface area contributed by atoms with E-state index in [-0.39, 0.29) is 0 Å². The maximum absolute atomic E-state index is 2.50. The summed E-state index contributed by atoms with van der Waals surface area (Å²) in [5, 5.41) is 2.43. The molecule has 0 N–H and O–H groups in total. The maximum Gasteiger partial charge on any atom is 0.0715 e. The van der Waals surface area contributed by atoms with E-state index >= 15 is 0 Å². The van der Waals surface area contributed by atoms with Crippen molar-refractivity contribution in [2.45, 2.75) is 5.41 Å². The zero-order valence-corrected chi connectivity index (χ0v) is 41.8. The van der Waals surface area contributed by atoms with Gasteiger partial charge in [0.25, 0.3) is 0 Å². The molecule has 1 heterocycles. The summed E-state index contributed by atoms with van der Waals surface area (Å²) in [4.78, 5) is 4.93. The molecule has 3 heteroatoms. The van der Waals surface area contributed by atoms with E-state index in [1.54, 1.807) is 0 Å². The lowest BCUT2D eigenvalue weighted by Gasteiger charge is -2.36. The number of nitrogens with zero attached hydrogens (tertiary/aromatic N) is 3. The van der Waals surface area contributed by atoms with Crippen molar-refractivity contribution < 1.29 is 0 Å². The Hall–Kier alpha value is -9.96. The van der Waals surface area contributed by atoms with Gasteiger partial charge in [-0.25, -0.2) is 0 Å². The Balaban J connectivity index is 1.11. The minimum absolute atomic E-state index is 0.768. The zero-order chi connectivity index (χ0) is 50.4. The highest BCUT2D eigenvalue weighted by Gasteiger charge is 2.48. The van der Waals surface area contributed by atoms with Gasteiger partial charge in [-0.1, -0.05) is 218 Å². The van der Waals surface area contributed by atoms with E-state index in [1.807, 2.05) is 0 Å². The van der Waals surface area contributed by atoms with E-state index in [2.05, 4.69) is 324 Å². The van der Waals surface area contributed by atoms with E-state index in [1.165, 1.54) is 71.9 Å². The van der Waals surface area contributed by atoms with Gasteiger partial charge in [-0.2, -0.15) is 0 Å². The van der Waals surface area contributed by atoms with Gasteiger partial charge in [0.2, 0.25) is 0 Å². The Bertz CT molecular complexity index is 4190. The van der Waals surface area contributed by atoms with Gasteiger partial charge in [0.1, 0.15) is 0 Å². The lowest BCUT2D eigenvalue weighted by Crippen LogP contribution is -2.29. The van der Waals surface area contributed by atoms with Crippen LogP contribution in [0.3, 0.4) is 0 Å². The molecule has 1 aliphatic carbocycles. The molecule has 13 aromatic rings. The smallest absolute Gasteiger partial charge is 0.0715 e. The summed E-state index contributed by atoms with van der Waals surface area (Å²) in [6.07, 6.45) is 0. The van der Waals surface area contributed by atoms with Crippen LogP contribution < -0.4 is 9.80 Å². The van der Waals surface area contributed by atoms with Gasteiger partial charge in [0, 0.05) is 50.5 Å². The molecule has 3 nitrogen and oxygen atoms in total. The van der Waals surface area contributed by atoms with E-state index in [9.17, 15) is 0 Å². The average Bonchev–Trinajstić information content (AvgIpc) is 4.01. The lowest BCUT2D eigenvalue weighted by atomic mass is 9.67. The summed E-state index contributed by atoms with van der Waals surface area (Å²) in [5.74, 6) is 0. The van der Waals surface area contributed by atoms with Gasteiger partial charge < -0.3 is 14.4 Å². The second kappa shape index (κ2) is 18.8. The van der Waals surface area contributed by atoms with Crippen LogP contribution in [0.5, 0.6) is 0 Å². The number of hydrogen-bond acceptors (Lipinski definition) is 2. The quantitative estimate of drug-likeness (QED) is 0.128. The van der Waals surface area contributed by atoms with Crippen LogP contribution in [-0.2, 0) is 5.41 Å². The molecule has 1 aromatic heterocycles. The molecule has 1 aliphatic rings. The van der Waals surface area contributed by atoms with Crippen molar-refractivity contribution >= 4 is 55.9 Å². The Kier molecular flexibility index (Phi) is 11.1. The van der Waals surface area contributed by atoms with Crippen molar-refractivity contribution in [3.05, 3.63) is 332 Å². The molecule has 0 spiro atoms. The van der Waals surface area contributed by atoms with E-state index in [4.69, 9.17) is 0 Å². The summed E-state index contributed by atoms with van der Waals surface area (Å²) in [7, 11) is 0. The minimum Gasteiger partial charge on any atom is -0.310 e. The first kappa shape index (κ1) is 44.7. The van der Waals surface area contributed by atoms with Crippen molar-refractivity contribution in [1.29, 1.82) is 0 Å². The van der Waals surface area contributed by atoms with Gasteiger partial charge >= 0.3 is 0 Å². The molecular weight excluding hydrogens is 919 g/mol. The predicted octanol–water partition coefficient (Wildman–Crippen LogP) is 19.4. The number of anilines is 6. The van der Waals surface area contributed by atoms with Crippen LogP contribution in [0.4, 0.5) is 34.1 Å². The molecule has 12 aromatic carbocycles. The van der Waals surface area contributed by atoms with Gasteiger partial charge in [-0.15, -0.1) is 0 Å². The number of rotatable bonds is 11. The maximum atomic E-state index is 2.50. The number of para-hydroxylation sites is 4. The molecule has 0 radical (unpaired) electrons. The number of aromatic nitrogens is 1. The molecule has 0 amide bonds. The normalized spacial score (nSPS) is 13.6. The Morgan fingerprint density at radius 1 is 0.276 bits per heavy atom. The number of benzene rings is 12. The molecule has 1 atom stereocenters. The second-order valence-corrected chi connectivity index (χ2v) is 19.6. The molecular formula is C73H51N3. The second-order valence-electron chi connectivity index (χ2n) is 19.6. The largest absolute Gasteiger partial charge is 0.310 e. The summed E-state index contributed by atoms with van der Waals surface area (Å²) in [6, 6.07) is 113. The molecule has 14 rings (SSSR count). The highest BCUT2D eigenvalue weighted by atomic mass is 15.2. The first-order valence-corrected chi connectivity index (χ1v) is 26.2. The van der Waals surface area contributed by atoms with Crippen LogP contribution in [-0.4, -0.2) is 4.57 Å². The first-order chi connectivity index (χ1) is 37.7. The van der Waals surface area contributed by atoms with Gasteiger partial charge in [-0.3, -0.25) is 0 Å². The van der Waals surface area contributed by atoms with E-state index in [0.717, 1.165) is 45.4 Å².